The summed E-state index contributed by atoms with van der Waals surface area (Å²) < 4.78 is 64.6. The number of halogens is 3. The van der Waals surface area contributed by atoms with Crippen LogP contribution in [0.3, 0.4) is 0 Å². The van der Waals surface area contributed by atoms with E-state index in [0.29, 0.717) is 6.42 Å². The number of piperidine rings is 1. The number of rotatable bonds is 4. The van der Waals surface area contributed by atoms with Gasteiger partial charge in [-0.05, 0) is 31.5 Å². The minimum atomic E-state index is -4.60. The molecule has 1 heterocycles. The van der Waals surface area contributed by atoms with E-state index < -0.39 is 27.5 Å². The first-order valence-electron chi connectivity index (χ1n) is 6.68. The van der Waals surface area contributed by atoms with Crippen molar-refractivity contribution in [2.45, 2.75) is 31.5 Å². The first kappa shape index (κ1) is 16.1. The maximum atomic E-state index is 12.8. The molecule has 0 saturated carbocycles. The lowest BCUT2D eigenvalue weighted by atomic mass is 10.1. The zero-order chi connectivity index (χ0) is 15.5. The van der Waals surface area contributed by atoms with E-state index in [0.717, 1.165) is 31.5 Å². The molecule has 1 aliphatic heterocycles. The van der Waals surface area contributed by atoms with Crippen molar-refractivity contribution in [2.75, 3.05) is 17.0 Å². The molecule has 0 bridgehead atoms. The summed E-state index contributed by atoms with van der Waals surface area (Å²) in [4.78, 5) is 0. The first-order chi connectivity index (χ1) is 9.78. The number of para-hydroxylation sites is 1. The van der Waals surface area contributed by atoms with Gasteiger partial charge in [-0.2, -0.15) is 13.2 Å². The summed E-state index contributed by atoms with van der Waals surface area (Å²) >= 11 is 0. The Morgan fingerprint density at radius 3 is 2.57 bits per heavy atom. The van der Waals surface area contributed by atoms with Crippen LogP contribution in [0.2, 0.25) is 0 Å². The molecule has 0 spiro atoms. The summed E-state index contributed by atoms with van der Waals surface area (Å²) in [7, 11) is -3.83. The van der Waals surface area contributed by atoms with Crippen LogP contribution < -0.4 is 10.0 Å². The van der Waals surface area contributed by atoms with E-state index in [9.17, 15) is 21.6 Å². The van der Waals surface area contributed by atoms with Crippen molar-refractivity contribution in [3.63, 3.8) is 0 Å². The van der Waals surface area contributed by atoms with E-state index in [1.54, 1.807) is 0 Å². The van der Waals surface area contributed by atoms with Gasteiger partial charge in [-0.1, -0.05) is 18.6 Å². The van der Waals surface area contributed by atoms with Crippen molar-refractivity contribution < 1.29 is 21.6 Å². The van der Waals surface area contributed by atoms with Crippen LogP contribution in [0.5, 0.6) is 0 Å². The Bertz CT molecular complexity index is 581. The third-order valence-corrected chi connectivity index (χ3v) is 4.70. The average molecular weight is 322 g/mol. The summed E-state index contributed by atoms with van der Waals surface area (Å²) in [5.41, 5.74) is -1.41. The molecule has 2 N–H and O–H groups in total. The van der Waals surface area contributed by atoms with Gasteiger partial charge >= 0.3 is 6.18 Å². The van der Waals surface area contributed by atoms with E-state index in [4.69, 9.17) is 0 Å². The van der Waals surface area contributed by atoms with Gasteiger partial charge in [-0.25, -0.2) is 8.42 Å². The molecule has 1 unspecified atom stereocenters. The molecule has 118 valence electrons. The quantitative estimate of drug-likeness (QED) is 0.896. The molecule has 2 rings (SSSR count). The van der Waals surface area contributed by atoms with E-state index in [2.05, 4.69) is 10.0 Å². The average Bonchev–Trinajstić information content (AvgIpc) is 2.38. The summed E-state index contributed by atoms with van der Waals surface area (Å²) in [5, 5.41) is 3.06. The Morgan fingerprint density at radius 2 is 1.95 bits per heavy atom. The van der Waals surface area contributed by atoms with Gasteiger partial charge in [0.1, 0.15) is 0 Å². The SMILES string of the molecule is O=S(=O)(CC1CCCCN1)Nc1ccccc1C(F)(F)F. The lowest BCUT2D eigenvalue weighted by molar-refractivity contribution is -0.136. The van der Waals surface area contributed by atoms with Crippen molar-refractivity contribution in [2.24, 2.45) is 0 Å². The largest absolute Gasteiger partial charge is 0.418 e. The highest BCUT2D eigenvalue weighted by atomic mass is 32.2. The van der Waals surface area contributed by atoms with Crippen LogP contribution in [-0.4, -0.2) is 26.8 Å². The Morgan fingerprint density at radius 1 is 1.24 bits per heavy atom. The minimum Gasteiger partial charge on any atom is -0.313 e. The smallest absolute Gasteiger partial charge is 0.313 e. The lowest BCUT2D eigenvalue weighted by Gasteiger charge is -2.23. The third kappa shape index (κ3) is 4.60. The van der Waals surface area contributed by atoms with Gasteiger partial charge in [0.25, 0.3) is 0 Å². The van der Waals surface area contributed by atoms with Crippen LogP contribution in [0.25, 0.3) is 0 Å². The molecule has 1 saturated heterocycles. The number of hydrogen-bond donors (Lipinski definition) is 2. The van der Waals surface area contributed by atoms with Crippen molar-refractivity contribution >= 4 is 15.7 Å². The van der Waals surface area contributed by atoms with Crippen LogP contribution in [0, 0.1) is 0 Å². The highest BCUT2D eigenvalue weighted by Gasteiger charge is 2.34. The van der Waals surface area contributed by atoms with Gasteiger partial charge in [0.15, 0.2) is 0 Å². The first-order valence-corrected chi connectivity index (χ1v) is 8.33. The normalized spacial score (nSPS) is 20.2. The molecular weight excluding hydrogens is 305 g/mol. The lowest BCUT2D eigenvalue weighted by Crippen LogP contribution is -2.40. The van der Waals surface area contributed by atoms with Gasteiger partial charge in [-0.3, -0.25) is 4.72 Å². The van der Waals surface area contributed by atoms with Crippen LogP contribution in [0.1, 0.15) is 24.8 Å². The Labute approximate surface area is 121 Å². The zero-order valence-electron chi connectivity index (χ0n) is 11.3. The van der Waals surface area contributed by atoms with Crippen LogP contribution in [-0.2, 0) is 16.2 Å². The molecule has 1 aromatic carbocycles. The topological polar surface area (TPSA) is 58.2 Å². The molecule has 0 aromatic heterocycles. The Balaban J connectivity index is 2.13. The van der Waals surface area contributed by atoms with Gasteiger partial charge < -0.3 is 5.32 Å². The highest BCUT2D eigenvalue weighted by molar-refractivity contribution is 7.92. The molecule has 1 aliphatic rings. The molecule has 1 fully saturated rings. The van der Waals surface area contributed by atoms with Crippen molar-refractivity contribution in [1.29, 1.82) is 0 Å². The van der Waals surface area contributed by atoms with E-state index in [1.807, 2.05) is 0 Å². The summed E-state index contributed by atoms with van der Waals surface area (Å²) in [6.07, 6.45) is -1.97. The standard InChI is InChI=1S/C13H17F3N2O2S/c14-13(15,16)11-6-1-2-7-12(11)18-21(19,20)9-10-5-3-4-8-17-10/h1-2,6-7,10,17-18H,3-5,8-9H2. The van der Waals surface area contributed by atoms with E-state index in [1.165, 1.54) is 12.1 Å². The zero-order valence-corrected chi connectivity index (χ0v) is 12.1. The number of benzene rings is 1. The number of hydrogen-bond acceptors (Lipinski definition) is 3. The third-order valence-electron chi connectivity index (χ3n) is 3.33. The maximum Gasteiger partial charge on any atom is 0.418 e. The summed E-state index contributed by atoms with van der Waals surface area (Å²) in [6.45, 7) is 0.735. The second-order valence-electron chi connectivity index (χ2n) is 5.07. The Kier molecular flexibility index (Phi) is 4.77. The number of anilines is 1. The van der Waals surface area contributed by atoms with Crippen molar-refractivity contribution in [1.82, 2.24) is 5.32 Å². The summed E-state index contributed by atoms with van der Waals surface area (Å²) in [5.74, 6) is -0.223. The molecule has 0 amide bonds. The summed E-state index contributed by atoms with van der Waals surface area (Å²) in [6, 6.07) is 4.36. The predicted molar refractivity (Wildman–Crippen MR) is 74.5 cm³/mol. The van der Waals surface area contributed by atoms with Crippen LogP contribution in [0.4, 0.5) is 18.9 Å². The molecular formula is C13H17F3N2O2S. The highest BCUT2D eigenvalue weighted by Crippen LogP contribution is 2.35. The second-order valence-corrected chi connectivity index (χ2v) is 6.84. The van der Waals surface area contributed by atoms with Gasteiger partial charge in [0.2, 0.25) is 10.0 Å². The fourth-order valence-corrected chi connectivity index (χ4v) is 3.77. The monoisotopic (exact) mass is 322 g/mol. The number of sulfonamides is 1. The maximum absolute atomic E-state index is 12.8. The van der Waals surface area contributed by atoms with Gasteiger partial charge in [-0.15, -0.1) is 0 Å². The minimum absolute atomic E-state index is 0.214. The van der Waals surface area contributed by atoms with Gasteiger partial charge in [0.05, 0.1) is 17.0 Å². The second kappa shape index (κ2) is 6.23. The van der Waals surface area contributed by atoms with Crippen LogP contribution in [0.15, 0.2) is 24.3 Å². The van der Waals surface area contributed by atoms with Crippen molar-refractivity contribution in [3.8, 4) is 0 Å². The molecule has 1 aromatic rings. The molecule has 1 atom stereocenters. The molecule has 8 heteroatoms. The van der Waals surface area contributed by atoms with Crippen molar-refractivity contribution in [3.05, 3.63) is 29.8 Å². The fourth-order valence-electron chi connectivity index (χ4n) is 2.36. The Hall–Kier alpha value is -1.28. The molecule has 21 heavy (non-hydrogen) atoms. The van der Waals surface area contributed by atoms with E-state index >= 15 is 0 Å². The number of alkyl halides is 3. The fraction of sp³-hybridized carbons (Fsp3) is 0.538. The molecule has 0 radical (unpaired) electrons. The van der Waals surface area contributed by atoms with Gasteiger partial charge in [0, 0.05) is 6.04 Å². The van der Waals surface area contributed by atoms with Crippen LogP contribution >= 0.6 is 0 Å². The number of nitrogens with one attached hydrogen (secondary N) is 2. The van der Waals surface area contributed by atoms with E-state index in [-0.39, 0.29) is 11.8 Å². The molecule has 0 aliphatic carbocycles. The predicted octanol–water partition coefficient (Wildman–Crippen LogP) is 2.59. The molecule has 4 nitrogen and oxygen atoms in total.